The van der Waals surface area contributed by atoms with E-state index in [4.69, 9.17) is 0 Å². The van der Waals surface area contributed by atoms with Crippen molar-refractivity contribution in [3.8, 4) is 0 Å². The summed E-state index contributed by atoms with van der Waals surface area (Å²) >= 11 is 1.27. The number of rotatable bonds is 4. The minimum atomic E-state index is -0.491. The number of thioether (sulfide) groups is 1. The molecule has 20 heavy (non-hydrogen) atoms. The van der Waals surface area contributed by atoms with Crippen LogP contribution in [0.1, 0.15) is 10.4 Å². The molecule has 6 nitrogen and oxygen atoms in total. The Morgan fingerprint density at radius 1 is 1.30 bits per heavy atom. The van der Waals surface area contributed by atoms with Crippen LogP contribution >= 0.6 is 11.8 Å². The molecular formula is C13H11N3O3S. The van der Waals surface area contributed by atoms with Gasteiger partial charge in [-0.15, -0.1) is 11.8 Å². The number of nitro groups is 1. The fourth-order valence-electron chi connectivity index (χ4n) is 1.61. The Morgan fingerprint density at radius 3 is 2.60 bits per heavy atom. The first-order chi connectivity index (χ1) is 9.61. The smallest absolute Gasteiger partial charge is 0.283 e. The van der Waals surface area contributed by atoms with E-state index in [1.165, 1.54) is 17.8 Å². The van der Waals surface area contributed by atoms with Crippen molar-refractivity contribution < 1.29 is 9.72 Å². The van der Waals surface area contributed by atoms with Crippen molar-refractivity contribution in [2.24, 2.45) is 0 Å². The molecule has 2 aromatic rings. The van der Waals surface area contributed by atoms with Gasteiger partial charge in [0, 0.05) is 29.7 Å². The molecule has 7 heteroatoms. The second-order valence-corrected chi connectivity index (χ2v) is 4.68. The van der Waals surface area contributed by atoms with E-state index in [1.807, 2.05) is 0 Å². The van der Waals surface area contributed by atoms with E-state index in [0.29, 0.717) is 10.6 Å². The van der Waals surface area contributed by atoms with Crippen molar-refractivity contribution in [3.05, 3.63) is 58.4 Å². The predicted octanol–water partition coefficient (Wildman–Crippen LogP) is 2.96. The molecule has 0 saturated carbocycles. The van der Waals surface area contributed by atoms with Crippen LogP contribution in [-0.2, 0) is 0 Å². The van der Waals surface area contributed by atoms with Gasteiger partial charge in [-0.1, -0.05) is 0 Å². The number of benzene rings is 1. The monoisotopic (exact) mass is 289 g/mol. The van der Waals surface area contributed by atoms with Crippen molar-refractivity contribution in [2.45, 2.75) is 4.90 Å². The van der Waals surface area contributed by atoms with Gasteiger partial charge in [0.1, 0.15) is 0 Å². The fraction of sp³-hybridized carbons (Fsp3) is 0.0769. The Morgan fingerprint density at radius 2 is 2.00 bits per heavy atom. The lowest BCUT2D eigenvalue weighted by atomic mass is 10.2. The molecule has 0 atom stereocenters. The van der Waals surface area contributed by atoms with E-state index in [-0.39, 0.29) is 11.3 Å². The first kappa shape index (κ1) is 14.0. The second-order valence-electron chi connectivity index (χ2n) is 3.83. The van der Waals surface area contributed by atoms with Crippen LogP contribution in [0.15, 0.2) is 47.6 Å². The number of anilines is 1. The third-order valence-electron chi connectivity index (χ3n) is 2.58. The molecule has 0 aliphatic rings. The highest BCUT2D eigenvalue weighted by molar-refractivity contribution is 7.98. The maximum absolute atomic E-state index is 12.0. The Labute approximate surface area is 119 Å². The van der Waals surface area contributed by atoms with Crippen LogP contribution in [0.3, 0.4) is 0 Å². The van der Waals surface area contributed by atoms with Gasteiger partial charge in [0.2, 0.25) is 0 Å². The standard InChI is InChI=1S/C13H11N3O3S/c1-20-12-3-2-9(8-11(12)16(18)19)13(17)15-10-4-6-14-7-5-10/h2-8H,1H3,(H,14,15,17). The highest BCUT2D eigenvalue weighted by Crippen LogP contribution is 2.28. The zero-order valence-corrected chi connectivity index (χ0v) is 11.4. The van der Waals surface area contributed by atoms with E-state index in [2.05, 4.69) is 10.3 Å². The third-order valence-corrected chi connectivity index (χ3v) is 3.36. The molecule has 0 saturated heterocycles. The fourth-order valence-corrected chi connectivity index (χ4v) is 2.16. The number of amides is 1. The number of nitrogens with one attached hydrogen (secondary N) is 1. The molecule has 0 radical (unpaired) electrons. The van der Waals surface area contributed by atoms with Gasteiger partial charge in [0.05, 0.1) is 9.82 Å². The summed E-state index contributed by atoms with van der Waals surface area (Å²) in [5.74, 6) is -0.396. The molecule has 0 unspecified atom stereocenters. The van der Waals surface area contributed by atoms with Crippen molar-refractivity contribution >= 4 is 29.0 Å². The van der Waals surface area contributed by atoms with Gasteiger partial charge in [-0.25, -0.2) is 0 Å². The van der Waals surface area contributed by atoms with Crippen LogP contribution in [0, 0.1) is 10.1 Å². The van der Waals surface area contributed by atoms with Gasteiger partial charge >= 0.3 is 0 Å². The molecule has 1 amide bonds. The number of nitro benzene ring substituents is 1. The van der Waals surface area contributed by atoms with Crippen LogP contribution in [0.25, 0.3) is 0 Å². The molecule has 0 fully saturated rings. The van der Waals surface area contributed by atoms with E-state index < -0.39 is 10.8 Å². The maximum Gasteiger partial charge on any atom is 0.283 e. The van der Waals surface area contributed by atoms with Gasteiger partial charge in [0.15, 0.2) is 0 Å². The van der Waals surface area contributed by atoms with Crippen molar-refractivity contribution in [3.63, 3.8) is 0 Å². The summed E-state index contributed by atoms with van der Waals surface area (Å²) < 4.78 is 0. The average Bonchev–Trinajstić information content (AvgIpc) is 2.47. The van der Waals surface area contributed by atoms with Gasteiger partial charge < -0.3 is 5.32 Å². The minimum Gasteiger partial charge on any atom is -0.322 e. The summed E-state index contributed by atoms with van der Waals surface area (Å²) in [6.45, 7) is 0. The molecular weight excluding hydrogens is 278 g/mol. The maximum atomic E-state index is 12.0. The summed E-state index contributed by atoms with van der Waals surface area (Å²) in [5, 5.41) is 13.6. The van der Waals surface area contributed by atoms with Crippen LogP contribution in [0.5, 0.6) is 0 Å². The first-order valence-electron chi connectivity index (χ1n) is 5.65. The predicted molar refractivity (Wildman–Crippen MR) is 77.1 cm³/mol. The first-order valence-corrected chi connectivity index (χ1v) is 6.88. The third kappa shape index (κ3) is 3.12. The molecule has 1 N–H and O–H groups in total. The Bertz CT molecular complexity index is 647. The number of pyridine rings is 1. The van der Waals surface area contributed by atoms with Crippen molar-refractivity contribution in [1.82, 2.24) is 4.98 Å². The van der Waals surface area contributed by atoms with E-state index in [0.717, 1.165) is 0 Å². The normalized spacial score (nSPS) is 10.1. The molecule has 0 bridgehead atoms. The zero-order valence-electron chi connectivity index (χ0n) is 10.6. The van der Waals surface area contributed by atoms with Crippen molar-refractivity contribution in [2.75, 3.05) is 11.6 Å². The second kappa shape index (κ2) is 6.16. The summed E-state index contributed by atoms with van der Waals surface area (Å²) in [5.41, 5.74) is 0.757. The number of hydrogen-bond acceptors (Lipinski definition) is 5. The molecule has 0 aliphatic heterocycles. The molecule has 1 heterocycles. The molecule has 1 aromatic carbocycles. The number of hydrogen-bond donors (Lipinski definition) is 1. The molecule has 0 spiro atoms. The Kier molecular flexibility index (Phi) is 4.31. The average molecular weight is 289 g/mol. The lowest BCUT2D eigenvalue weighted by molar-refractivity contribution is -0.387. The van der Waals surface area contributed by atoms with E-state index in [9.17, 15) is 14.9 Å². The lowest BCUT2D eigenvalue weighted by Gasteiger charge is -2.06. The SMILES string of the molecule is CSc1ccc(C(=O)Nc2ccncc2)cc1[N+](=O)[O-]. The van der Waals surface area contributed by atoms with Crippen LogP contribution < -0.4 is 5.32 Å². The van der Waals surface area contributed by atoms with Gasteiger partial charge in [0.25, 0.3) is 11.6 Å². The summed E-state index contributed by atoms with van der Waals surface area (Å²) in [4.78, 5) is 26.9. The molecule has 0 aliphatic carbocycles. The van der Waals surface area contributed by atoms with Crippen molar-refractivity contribution in [1.29, 1.82) is 0 Å². The zero-order chi connectivity index (χ0) is 14.5. The van der Waals surface area contributed by atoms with Crippen LogP contribution in [-0.4, -0.2) is 22.1 Å². The number of nitrogens with zero attached hydrogens (tertiary/aromatic N) is 2. The topological polar surface area (TPSA) is 85.1 Å². The van der Waals surface area contributed by atoms with Gasteiger partial charge in [-0.05, 0) is 30.5 Å². The largest absolute Gasteiger partial charge is 0.322 e. The summed E-state index contributed by atoms with van der Waals surface area (Å²) in [6.07, 6.45) is 4.85. The lowest BCUT2D eigenvalue weighted by Crippen LogP contribution is -2.12. The highest BCUT2D eigenvalue weighted by Gasteiger charge is 2.17. The number of carbonyl (C=O) groups is 1. The Hall–Kier alpha value is -2.41. The molecule has 2 rings (SSSR count). The highest BCUT2D eigenvalue weighted by atomic mass is 32.2. The quantitative estimate of drug-likeness (QED) is 0.531. The van der Waals surface area contributed by atoms with E-state index >= 15 is 0 Å². The number of carbonyl (C=O) groups excluding carboxylic acids is 1. The summed E-state index contributed by atoms with van der Waals surface area (Å²) in [6, 6.07) is 7.70. The Balaban J connectivity index is 2.27. The van der Waals surface area contributed by atoms with Gasteiger partial charge in [-0.2, -0.15) is 0 Å². The van der Waals surface area contributed by atoms with Crippen LogP contribution in [0.2, 0.25) is 0 Å². The summed E-state index contributed by atoms with van der Waals surface area (Å²) in [7, 11) is 0. The minimum absolute atomic E-state index is 0.0696. The molecule has 102 valence electrons. The van der Waals surface area contributed by atoms with E-state index in [1.54, 1.807) is 42.9 Å². The number of aromatic nitrogens is 1. The molecule has 1 aromatic heterocycles. The van der Waals surface area contributed by atoms with Crippen LogP contribution in [0.4, 0.5) is 11.4 Å². The van der Waals surface area contributed by atoms with Gasteiger partial charge in [-0.3, -0.25) is 19.9 Å².